The second-order valence-corrected chi connectivity index (χ2v) is 6.66. The lowest BCUT2D eigenvalue weighted by Crippen LogP contribution is -2.55. The molecule has 102 valence electrons. The highest BCUT2D eigenvalue weighted by molar-refractivity contribution is 7.99. The van der Waals surface area contributed by atoms with Crippen LogP contribution in [0.2, 0.25) is 0 Å². The van der Waals surface area contributed by atoms with Gasteiger partial charge in [0.05, 0.1) is 11.3 Å². The molecule has 1 amide bonds. The van der Waals surface area contributed by atoms with Gasteiger partial charge < -0.3 is 11.1 Å². The van der Waals surface area contributed by atoms with Gasteiger partial charge in [0, 0.05) is 6.54 Å². The van der Waals surface area contributed by atoms with Crippen molar-refractivity contribution in [3.8, 4) is 0 Å². The summed E-state index contributed by atoms with van der Waals surface area (Å²) in [6, 6.07) is 0. The highest BCUT2D eigenvalue weighted by Gasteiger charge is 2.28. The van der Waals surface area contributed by atoms with E-state index >= 15 is 0 Å². The van der Waals surface area contributed by atoms with E-state index in [1.54, 1.807) is 11.8 Å². The summed E-state index contributed by atoms with van der Waals surface area (Å²) in [4.78, 5) is 11.8. The molecular weight excluding hydrogens is 232 g/mol. The van der Waals surface area contributed by atoms with Crippen LogP contribution >= 0.6 is 11.8 Å². The highest BCUT2D eigenvalue weighted by Crippen LogP contribution is 2.15. The number of hydrogen-bond acceptors (Lipinski definition) is 3. The molecule has 0 fully saturated rings. The Kier molecular flexibility index (Phi) is 7.88. The summed E-state index contributed by atoms with van der Waals surface area (Å²) in [5.74, 6) is 2.73. The van der Waals surface area contributed by atoms with Gasteiger partial charge in [-0.1, -0.05) is 27.7 Å². The van der Waals surface area contributed by atoms with Crippen molar-refractivity contribution in [2.45, 2.75) is 46.6 Å². The minimum atomic E-state index is -0.282. The SMILES string of the molecule is CC(C)CCSCC(=O)NC(C)(CN)C(C)C. The van der Waals surface area contributed by atoms with Gasteiger partial charge in [-0.2, -0.15) is 11.8 Å². The maximum absolute atomic E-state index is 11.8. The van der Waals surface area contributed by atoms with Crippen molar-refractivity contribution in [1.29, 1.82) is 0 Å². The molecule has 0 saturated carbocycles. The minimum absolute atomic E-state index is 0.0976. The lowest BCUT2D eigenvalue weighted by molar-refractivity contribution is -0.120. The van der Waals surface area contributed by atoms with Gasteiger partial charge in [0.1, 0.15) is 0 Å². The van der Waals surface area contributed by atoms with E-state index in [2.05, 4.69) is 33.0 Å². The molecule has 4 heteroatoms. The number of hydrogen-bond donors (Lipinski definition) is 2. The Bertz CT molecular complexity index is 231. The molecule has 0 heterocycles. The zero-order valence-electron chi connectivity index (χ0n) is 11.9. The smallest absolute Gasteiger partial charge is 0.230 e. The van der Waals surface area contributed by atoms with Crippen molar-refractivity contribution in [2.75, 3.05) is 18.1 Å². The fraction of sp³-hybridized carbons (Fsp3) is 0.923. The predicted octanol–water partition coefficient (Wildman–Crippen LogP) is 2.26. The van der Waals surface area contributed by atoms with Gasteiger partial charge in [0.15, 0.2) is 0 Å². The molecule has 0 bridgehead atoms. The Morgan fingerprint density at radius 3 is 2.35 bits per heavy atom. The third-order valence-corrected chi connectivity index (χ3v) is 4.19. The molecular formula is C13H28N2OS. The van der Waals surface area contributed by atoms with E-state index in [0.29, 0.717) is 24.1 Å². The zero-order chi connectivity index (χ0) is 13.5. The average Bonchev–Trinajstić information content (AvgIpc) is 2.23. The first-order chi connectivity index (χ1) is 7.81. The summed E-state index contributed by atoms with van der Waals surface area (Å²) in [5.41, 5.74) is 5.45. The van der Waals surface area contributed by atoms with Crippen molar-refractivity contribution >= 4 is 17.7 Å². The number of rotatable bonds is 8. The van der Waals surface area contributed by atoms with Crippen LogP contribution in [0.3, 0.4) is 0 Å². The van der Waals surface area contributed by atoms with Crippen LogP contribution in [-0.2, 0) is 4.79 Å². The average molecular weight is 260 g/mol. The first-order valence-electron chi connectivity index (χ1n) is 6.40. The summed E-state index contributed by atoms with van der Waals surface area (Å²) in [5, 5.41) is 3.05. The van der Waals surface area contributed by atoms with Gasteiger partial charge in [-0.05, 0) is 30.9 Å². The molecule has 0 aliphatic heterocycles. The van der Waals surface area contributed by atoms with Crippen molar-refractivity contribution in [1.82, 2.24) is 5.32 Å². The van der Waals surface area contributed by atoms with Crippen molar-refractivity contribution in [3.63, 3.8) is 0 Å². The highest BCUT2D eigenvalue weighted by atomic mass is 32.2. The Hall–Kier alpha value is -0.220. The molecule has 1 unspecified atom stereocenters. The fourth-order valence-corrected chi connectivity index (χ4v) is 2.31. The van der Waals surface area contributed by atoms with E-state index in [4.69, 9.17) is 5.73 Å². The molecule has 0 aromatic carbocycles. The lowest BCUT2D eigenvalue weighted by atomic mass is 9.88. The molecule has 0 aromatic heterocycles. The molecule has 3 nitrogen and oxygen atoms in total. The van der Waals surface area contributed by atoms with E-state index in [-0.39, 0.29) is 11.4 Å². The summed E-state index contributed by atoms with van der Waals surface area (Å²) in [6.45, 7) is 11.1. The van der Waals surface area contributed by atoms with Crippen LogP contribution in [0.1, 0.15) is 41.0 Å². The Morgan fingerprint density at radius 2 is 1.94 bits per heavy atom. The van der Waals surface area contributed by atoms with Crippen LogP contribution in [0.15, 0.2) is 0 Å². The fourth-order valence-electron chi connectivity index (χ4n) is 1.27. The first-order valence-corrected chi connectivity index (χ1v) is 7.56. The van der Waals surface area contributed by atoms with Crippen LogP contribution in [0, 0.1) is 11.8 Å². The van der Waals surface area contributed by atoms with Crippen molar-refractivity contribution in [3.05, 3.63) is 0 Å². The molecule has 0 aromatic rings. The molecule has 0 aliphatic carbocycles. The Morgan fingerprint density at radius 1 is 1.35 bits per heavy atom. The Balaban J connectivity index is 3.92. The normalized spacial score (nSPS) is 15.1. The quantitative estimate of drug-likeness (QED) is 0.658. The van der Waals surface area contributed by atoms with Gasteiger partial charge >= 0.3 is 0 Å². The molecule has 0 radical (unpaired) electrons. The number of carbonyl (C=O) groups is 1. The molecule has 0 rings (SSSR count). The third kappa shape index (κ3) is 6.94. The summed E-state index contributed by atoms with van der Waals surface area (Å²) in [6.07, 6.45) is 1.16. The van der Waals surface area contributed by atoms with Gasteiger partial charge in [-0.25, -0.2) is 0 Å². The first kappa shape index (κ1) is 16.8. The van der Waals surface area contributed by atoms with E-state index < -0.39 is 0 Å². The molecule has 1 atom stereocenters. The van der Waals surface area contributed by atoms with Gasteiger partial charge in [-0.3, -0.25) is 4.79 Å². The monoisotopic (exact) mass is 260 g/mol. The number of nitrogens with two attached hydrogens (primary N) is 1. The second kappa shape index (κ2) is 7.98. The molecule has 0 saturated heterocycles. The maximum Gasteiger partial charge on any atom is 0.230 e. The summed E-state index contributed by atoms with van der Waals surface area (Å²) in [7, 11) is 0. The zero-order valence-corrected chi connectivity index (χ0v) is 12.7. The molecule has 0 spiro atoms. The number of carbonyl (C=O) groups excluding carboxylic acids is 1. The van der Waals surface area contributed by atoms with Crippen LogP contribution in [0.5, 0.6) is 0 Å². The van der Waals surface area contributed by atoms with Crippen molar-refractivity contribution < 1.29 is 4.79 Å². The standard InChI is InChI=1S/C13H28N2OS/c1-10(2)6-7-17-8-12(16)15-13(5,9-14)11(3)4/h10-11H,6-9,14H2,1-5H3,(H,15,16). The predicted molar refractivity (Wildman–Crippen MR) is 77.2 cm³/mol. The Labute approximate surface area is 110 Å². The molecule has 17 heavy (non-hydrogen) atoms. The van der Waals surface area contributed by atoms with Gasteiger partial charge in [0.25, 0.3) is 0 Å². The van der Waals surface area contributed by atoms with Crippen LogP contribution < -0.4 is 11.1 Å². The maximum atomic E-state index is 11.8. The van der Waals surface area contributed by atoms with Gasteiger partial charge in [0.2, 0.25) is 5.91 Å². The lowest BCUT2D eigenvalue weighted by Gasteiger charge is -2.33. The van der Waals surface area contributed by atoms with E-state index in [9.17, 15) is 4.79 Å². The number of amides is 1. The van der Waals surface area contributed by atoms with Crippen molar-refractivity contribution in [2.24, 2.45) is 17.6 Å². The van der Waals surface area contributed by atoms with E-state index in [1.807, 2.05) is 6.92 Å². The van der Waals surface area contributed by atoms with E-state index in [1.165, 1.54) is 0 Å². The van der Waals surface area contributed by atoms with Crippen LogP contribution in [0.25, 0.3) is 0 Å². The van der Waals surface area contributed by atoms with Gasteiger partial charge in [-0.15, -0.1) is 0 Å². The number of thioether (sulfide) groups is 1. The molecule has 0 aliphatic rings. The van der Waals surface area contributed by atoms with Crippen LogP contribution in [-0.4, -0.2) is 29.5 Å². The minimum Gasteiger partial charge on any atom is -0.349 e. The largest absolute Gasteiger partial charge is 0.349 e. The summed E-state index contributed by atoms with van der Waals surface area (Å²) < 4.78 is 0. The topological polar surface area (TPSA) is 55.1 Å². The second-order valence-electron chi connectivity index (χ2n) is 5.56. The van der Waals surface area contributed by atoms with Crippen LogP contribution in [0.4, 0.5) is 0 Å². The number of nitrogens with one attached hydrogen (secondary N) is 1. The van der Waals surface area contributed by atoms with E-state index in [0.717, 1.165) is 12.2 Å². The summed E-state index contributed by atoms with van der Waals surface area (Å²) >= 11 is 1.70. The third-order valence-electron chi connectivity index (χ3n) is 3.20. The molecule has 3 N–H and O–H groups in total.